The Hall–Kier alpha value is -3.78. The number of nitrogens with zero attached hydrogens (tertiary/aromatic N) is 4. The Labute approximate surface area is 206 Å². The van der Waals surface area contributed by atoms with Gasteiger partial charge < -0.3 is 15.4 Å². The van der Waals surface area contributed by atoms with E-state index in [4.69, 9.17) is 15.9 Å². The van der Waals surface area contributed by atoms with Crippen LogP contribution in [-0.4, -0.2) is 59.8 Å². The number of ether oxygens (including phenoxy) is 1. The van der Waals surface area contributed by atoms with Crippen molar-refractivity contribution in [2.24, 2.45) is 5.73 Å². The number of rotatable bonds is 10. The summed E-state index contributed by atoms with van der Waals surface area (Å²) in [5.74, 6) is 1.54. The van der Waals surface area contributed by atoms with E-state index in [-0.39, 0.29) is 18.0 Å². The van der Waals surface area contributed by atoms with Gasteiger partial charge in [0.1, 0.15) is 11.5 Å². The zero-order chi connectivity index (χ0) is 24.6. The van der Waals surface area contributed by atoms with Crippen LogP contribution in [0.25, 0.3) is 11.1 Å². The van der Waals surface area contributed by atoms with Crippen LogP contribution < -0.4 is 15.4 Å². The lowest BCUT2D eigenvalue weighted by Gasteiger charge is -2.34. The van der Waals surface area contributed by atoms with Crippen LogP contribution in [0, 0.1) is 5.41 Å². The molecule has 1 aromatic heterocycles. The first-order chi connectivity index (χ1) is 17.0. The molecule has 35 heavy (non-hydrogen) atoms. The van der Waals surface area contributed by atoms with Gasteiger partial charge in [0.15, 0.2) is 0 Å². The number of hydrogen-bond acceptors (Lipinski definition) is 7. The van der Waals surface area contributed by atoms with E-state index in [1.165, 1.54) is 5.56 Å². The van der Waals surface area contributed by atoms with Gasteiger partial charge in [-0.05, 0) is 35.2 Å². The maximum absolute atomic E-state index is 11.9. The molecule has 1 fully saturated rings. The third-order valence-electron chi connectivity index (χ3n) is 6.17. The van der Waals surface area contributed by atoms with Crippen LogP contribution in [0.4, 0.5) is 5.95 Å². The molecule has 0 radical (unpaired) electrons. The van der Waals surface area contributed by atoms with Crippen molar-refractivity contribution < 1.29 is 9.53 Å². The first kappa shape index (κ1) is 24.3. The molecule has 0 bridgehead atoms. The van der Waals surface area contributed by atoms with E-state index in [2.05, 4.69) is 38.0 Å². The monoisotopic (exact) mass is 472 g/mol. The van der Waals surface area contributed by atoms with E-state index in [0.717, 1.165) is 61.1 Å². The highest BCUT2D eigenvalue weighted by Crippen LogP contribution is 2.22. The molecule has 1 saturated heterocycles. The zero-order valence-corrected chi connectivity index (χ0v) is 20.1. The number of piperazine rings is 1. The number of carbonyl (C=O) groups excluding carboxylic acids is 1. The predicted molar refractivity (Wildman–Crippen MR) is 138 cm³/mol. The number of carbonyl (C=O) groups is 1. The Bertz CT molecular complexity index is 1160. The second-order valence-electron chi connectivity index (χ2n) is 8.83. The van der Waals surface area contributed by atoms with Gasteiger partial charge in [0.25, 0.3) is 0 Å². The molecule has 8 heteroatoms. The van der Waals surface area contributed by atoms with Crippen molar-refractivity contribution in [3.05, 3.63) is 72.1 Å². The van der Waals surface area contributed by atoms with Crippen molar-refractivity contribution >= 4 is 17.6 Å². The summed E-state index contributed by atoms with van der Waals surface area (Å²) >= 11 is 0. The zero-order valence-electron chi connectivity index (χ0n) is 20.1. The molecule has 182 valence electrons. The van der Waals surface area contributed by atoms with Gasteiger partial charge in [0, 0.05) is 57.1 Å². The van der Waals surface area contributed by atoms with Crippen LogP contribution in [0.15, 0.2) is 60.9 Å². The molecule has 2 heterocycles. The fourth-order valence-corrected chi connectivity index (χ4v) is 4.26. The topological polar surface area (TPSA) is 108 Å². The fourth-order valence-electron chi connectivity index (χ4n) is 4.26. The minimum absolute atomic E-state index is 0.0146. The number of amidine groups is 1. The first-order valence-corrected chi connectivity index (χ1v) is 11.9. The van der Waals surface area contributed by atoms with Crippen molar-refractivity contribution in [2.75, 3.05) is 38.2 Å². The second-order valence-corrected chi connectivity index (χ2v) is 8.83. The minimum Gasteiger partial charge on any atom is -0.497 e. The van der Waals surface area contributed by atoms with Gasteiger partial charge in [-0.15, -0.1) is 0 Å². The molecule has 0 spiro atoms. The van der Waals surface area contributed by atoms with Crippen LogP contribution >= 0.6 is 0 Å². The number of ketones is 1. The highest BCUT2D eigenvalue weighted by molar-refractivity contribution is 5.98. The number of Topliss-reactive ketones (excluding diaryl/α,β-unsaturated/α-hetero) is 1. The van der Waals surface area contributed by atoms with Crippen molar-refractivity contribution in [1.29, 1.82) is 5.41 Å². The van der Waals surface area contributed by atoms with Gasteiger partial charge in [-0.25, -0.2) is 9.97 Å². The lowest BCUT2D eigenvalue weighted by atomic mass is 10.0. The minimum atomic E-state index is -0.0840. The molecule has 1 aliphatic heterocycles. The van der Waals surface area contributed by atoms with Crippen LogP contribution in [0.1, 0.15) is 24.0 Å². The average Bonchev–Trinajstić information content (AvgIpc) is 2.88. The van der Waals surface area contributed by atoms with Crippen LogP contribution in [-0.2, 0) is 17.8 Å². The van der Waals surface area contributed by atoms with Gasteiger partial charge in [-0.2, -0.15) is 0 Å². The lowest BCUT2D eigenvalue weighted by Crippen LogP contribution is -2.46. The van der Waals surface area contributed by atoms with Crippen molar-refractivity contribution in [3.8, 4) is 16.9 Å². The quantitative estimate of drug-likeness (QED) is 0.344. The molecule has 3 aromatic rings. The summed E-state index contributed by atoms with van der Waals surface area (Å²) in [4.78, 5) is 25.8. The van der Waals surface area contributed by atoms with E-state index in [1.54, 1.807) is 7.11 Å². The fraction of sp³-hybridized carbons (Fsp3) is 0.333. The number of benzene rings is 2. The summed E-state index contributed by atoms with van der Waals surface area (Å²) in [6, 6.07) is 16.3. The molecule has 0 unspecified atom stereocenters. The SMILES string of the molecule is COc1cccc(CN2CCN(c3ncc(-c4cccc(CCC(=O)CC(=N)N)c4)cn3)CC2)c1. The highest BCUT2D eigenvalue weighted by atomic mass is 16.5. The summed E-state index contributed by atoms with van der Waals surface area (Å²) in [7, 11) is 1.70. The maximum Gasteiger partial charge on any atom is 0.225 e. The molecule has 0 aliphatic carbocycles. The van der Waals surface area contributed by atoms with E-state index in [9.17, 15) is 4.79 Å². The summed E-state index contributed by atoms with van der Waals surface area (Å²) in [6.45, 7) is 4.57. The molecule has 0 atom stereocenters. The third kappa shape index (κ3) is 6.86. The molecule has 2 aromatic carbocycles. The summed E-state index contributed by atoms with van der Waals surface area (Å²) in [6.07, 6.45) is 4.75. The van der Waals surface area contributed by atoms with Crippen LogP contribution in [0.5, 0.6) is 5.75 Å². The van der Waals surface area contributed by atoms with E-state index < -0.39 is 0 Å². The summed E-state index contributed by atoms with van der Waals surface area (Å²) in [5.41, 5.74) is 9.60. The standard InChI is InChI=1S/C27H32N6O2/c1-35-25-7-3-5-21(15-25)19-32-10-12-33(13-11-32)27-30-17-23(18-31-27)22-6-2-4-20(14-22)8-9-24(34)16-26(28)29/h2-7,14-15,17-18H,8-13,16,19H2,1H3,(H3,28,29). The number of nitrogens with two attached hydrogens (primary N) is 1. The Morgan fingerprint density at radius 1 is 1.00 bits per heavy atom. The highest BCUT2D eigenvalue weighted by Gasteiger charge is 2.19. The number of nitrogens with one attached hydrogen (secondary N) is 1. The van der Waals surface area contributed by atoms with Gasteiger partial charge in [0.2, 0.25) is 5.95 Å². The Kier molecular flexibility index (Phi) is 8.05. The average molecular weight is 473 g/mol. The molecular formula is C27H32N6O2. The molecule has 3 N–H and O–H groups in total. The third-order valence-corrected chi connectivity index (χ3v) is 6.17. The second kappa shape index (κ2) is 11.6. The normalized spacial score (nSPS) is 14.0. The molecule has 1 aliphatic rings. The van der Waals surface area contributed by atoms with E-state index in [0.29, 0.717) is 12.8 Å². The largest absolute Gasteiger partial charge is 0.497 e. The summed E-state index contributed by atoms with van der Waals surface area (Å²) in [5, 5.41) is 7.25. The molecular weight excluding hydrogens is 440 g/mol. The van der Waals surface area contributed by atoms with Crippen molar-refractivity contribution in [3.63, 3.8) is 0 Å². The Balaban J connectivity index is 1.31. The van der Waals surface area contributed by atoms with Crippen LogP contribution in [0.2, 0.25) is 0 Å². The van der Waals surface area contributed by atoms with Crippen molar-refractivity contribution in [2.45, 2.75) is 25.8 Å². The number of anilines is 1. The van der Waals surface area contributed by atoms with Gasteiger partial charge in [-0.1, -0.05) is 36.4 Å². The smallest absolute Gasteiger partial charge is 0.225 e. The molecule has 0 amide bonds. The maximum atomic E-state index is 11.9. The summed E-state index contributed by atoms with van der Waals surface area (Å²) < 4.78 is 5.33. The molecule has 8 nitrogen and oxygen atoms in total. The van der Waals surface area contributed by atoms with Gasteiger partial charge >= 0.3 is 0 Å². The number of hydrogen-bond donors (Lipinski definition) is 2. The van der Waals surface area contributed by atoms with E-state index in [1.807, 2.05) is 42.7 Å². The predicted octanol–water partition coefficient (Wildman–Crippen LogP) is 3.30. The number of methoxy groups -OCH3 is 1. The molecule has 0 saturated carbocycles. The van der Waals surface area contributed by atoms with Crippen LogP contribution in [0.3, 0.4) is 0 Å². The number of aryl methyl sites for hydroxylation is 1. The van der Waals surface area contributed by atoms with Gasteiger partial charge in [0.05, 0.1) is 19.4 Å². The van der Waals surface area contributed by atoms with E-state index >= 15 is 0 Å². The Morgan fingerprint density at radius 3 is 2.43 bits per heavy atom. The Morgan fingerprint density at radius 2 is 1.71 bits per heavy atom. The molecule has 4 rings (SSSR count). The number of aromatic nitrogens is 2. The van der Waals surface area contributed by atoms with Crippen molar-refractivity contribution in [1.82, 2.24) is 14.9 Å². The first-order valence-electron chi connectivity index (χ1n) is 11.9. The van der Waals surface area contributed by atoms with Gasteiger partial charge in [-0.3, -0.25) is 15.1 Å². The lowest BCUT2D eigenvalue weighted by molar-refractivity contribution is -0.117.